The van der Waals surface area contributed by atoms with Crippen LogP contribution in [-0.4, -0.2) is 23.4 Å². The van der Waals surface area contributed by atoms with E-state index >= 15 is 0 Å². The first-order chi connectivity index (χ1) is 8.50. The molecule has 0 aliphatic carbocycles. The fourth-order valence-corrected chi connectivity index (χ4v) is 3.05. The summed E-state index contributed by atoms with van der Waals surface area (Å²) in [6, 6.07) is 7.85. The van der Waals surface area contributed by atoms with Gasteiger partial charge < -0.3 is 4.90 Å². The fourth-order valence-electron chi connectivity index (χ4n) is 2.79. The zero-order valence-electron chi connectivity index (χ0n) is 11.3. The second kappa shape index (κ2) is 5.35. The van der Waals surface area contributed by atoms with Crippen molar-refractivity contribution in [1.82, 2.24) is 4.90 Å². The first-order valence-corrected chi connectivity index (χ1v) is 7.04. The van der Waals surface area contributed by atoms with E-state index in [2.05, 4.69) is 33.4 Å². The van der Waals surface area contributed by atoms with Gasteiger partial charge >= 0.3 is 0 Å². The van der Waals surface area contributed by atoms with E-state index in [0.717, 1.165) is 11.4 Å². The summed E-state index contributed by atoms with van der Waals surface area (Å²) >= 11 is 4.38. The number of likely N-dealkylation sites (tertiary alicyclic amines) is 1. The number of amides is 1. The van der Waals surface area contributed by atoms with Gasteiger partial charge in [0.15, 0.2) is 0 Å². The average Bonchev–Trinajstić information content (AvgIpc) is 2.33. The van der Waals surface area contributed by atoms with Crippen LogP contribution in [-0.2, 0) is 0 Å². The first kappa shape index (κ1) is 13.5. The molecule has 0 saturated carbocycles. The zero-order valence-corrected chi connectivity index (χ0v) is 12.2. The van der Waals surface area contributed by atoms with Gasteiger partial charge in [-0.3, -0.25) is 4.79 Å². The van der Waals surface area contributed by atoms with E-state index in [4.69, 9.17) is 0 Å². The molecule has 0 spiro atoms. The van der Waals surface area contributed by atoms with Crippen LogP contribution in [0, 0.1) is 11.8 Å². The summed E-state index contributed by atoms with van der Waals surface area (Å²) in [5.74, 6) is 1.25. The number of hydrogen-bond acceptors (Lipinski definition) is 2. The Morgan fingerprint density at radius 1 is 1.28 bits per heavy atom. The minimum absolute atomic E-state index is 0.117. The number of carbonyl (C=O) groups is 1. The van der Waals surface area contributed by atoms with Gasteiger partial charge in [-0.2, -0.15) is 0 Å². The molecule has 1 aromatic carbocycles. The molecule has 18 heavy (non-hydrogen) atoms. The molecule has 0 radical (unpaired) electrons. The van der Waals surface area contributed by atoms with Crippen LogP contribution in [0.25, 0.3) is 0 Å². The van der Waals surface area contributed by atoms with Crippen molar-refractivity contribution in [3.8, 4) is 0 Å². The van der Waals surface area contributed by atoms with Crippen LogP contribution in [0.2, 0.25) is 0 Å². The quantitative estimate of drug-likeness (QED) is 0.769. The Bertz CT molecular complexity index is 446. The van der Waals surface area contributed by atoms with E-state index in [0.29, 0.717) is 23.4 Å². The molecule has 98 valence electrons. The van der Waals surface area contributed by atoms with Crippen molar-refractivity contribution in [1.29, 1.82) is 0 Å². The molecular weight excluding hydrogens is 242 g/mol. The number of rotatable bonds is 1. The molecule has 0 bridgehead atoms. The third kappa shape index (κ3) is 2.56. The Labute approximate surface area is 115 Å². The second-order valence-electron chi connectivity index (χ2n) is 5.53. The molecule has 0 N–H and O–H groups in total. The predicted molar refractivity (Wildman–Crippen MR) is 77.1 cm³/mol. The van der Waals surface area contributed by atoms with Gasteiger partial charge in [0.05, 0.1) is 5.56 Å². The van der Waals surface area contributed by atoms with Crippen LogP contribution in [0.3, 0.4) is 0 Å². The lowest BCUT2D eigenvalue weighted by Crippen LogP contribution is -2.48. The van der Waals surface area contributed by atoms with Crippen LogP contribution < -0.4 is 0 Å². The van der Waals surface area contributed by atoms with E-state index in [1.165, 1.54) is 6.42 Å². The van der Waals surface area contributed by atoms with Crippen molar-refractivity contribution in [2.45, 2.75) is 38.1 Å². The van der Waals surface area contributed by atoms with Gasteiger partial charge in [-0.05, 0) is 37.3 Å². The molecule has 3 heteroatoms. The maximum absolute atomic E-state index is 12.6. The lowest BCUT2D eigenvalue weighted by atomic mass is 9.85. The van der Waals surface area contributed by atoms with Crippen LogP contribution in [0.15, 0.2) is 29.2 Å². The molecule has 1 fully saturated rings. The Hall–Kier alpha value is -0.960. The van der Waals surface area contributed by atoms with Crippen molar-refractivity contribution < 1.29 is 4.79 Å². The third-order valence-electron chi connectivity index (χ3n) is 3.99. The standard InChI is InChI=1S/C15H21NOS/c1-10-8-11(2)12(3)16(9-10)15(17)13-6-4-5-7-14(13)18/h4-7,10-12,18H,8-9H2,1-3H3. The number of nitrogens with zero attached hydrogens (tertiary/aromatic N) is 1. The Balaban J connectivity index is 2.25. The molecule has 3 unspecified atom stereocenters. The summed E-state index contributed by atoms with van der Waals surface area (Å²) in [7, 11) is 0. The highest BCUT2D eigenvalue weighted by molar-refractivity contribution is 7.80. The van der Waals surface area contributed by atoms with Crippen molar-refractivity contribution in [3.05, 3.63) is 29.8 Å². The molecular formula is C15H21NOS. The molecule has 1 aliphatic heterocycles. The lowest BCUT2D eigenvalue weighted by Gasteiger charge is -2.41. The highest BCUT2D eigenvalue weighted by Crippen LogP contribution is 2.29. The Morgan fingerprint density at radius 3 is 2.61 bits per heavy atom. The van der Waals surface area contributed by atoms with E-state index in [1.54, 1.807) is 0 Å². The zero-order chi connectivity index (χ0) is 13.3. The molecule has 1 saturated heterocycles. The molecule has 1 amide bonds. The number of thiol groups is 1. The van der Waals surface area contributed by atoms with Crippen molar-refractivity contribution in [3.63, 3.8) is 0 Å². The van der Waals surface area contributed by atoms with Crippen LogP contribution in [0.5, 0.6) is 0 Å². The van der Waals surface area contributed by atoms with Crippen molar-refractivity contribution in [2.24, 2.45) is 11.8 Å². The van der Waals surface area contributed by atoms with E-state index in [1.807, 2.05) is 29.2 Å². The van der Waals surface area contributed by atoms with Crippen LogP contribution >= 0.6 is 12.6 Å². The number of piperidine rings is 1. The monoisotopic (exact) mass is 263 g/mol. The minimum Gasteiger partial charge on any atom is -0.335 e. The van der Waals surface area contributed by atoms with Gasteiger partial charge in [-0.15, -0.1) is 12.6 Å². The Kier molecular flexibility index (Phi) is 4.00. The molecule has 1 heterocycles. The first-order valence-electron chi connectivity index (χ1n) is 6.59. The number of benzene rings is 1. The highest BCUT2D eigenvalue weighted by Gasteiger charge is 2.32. The number of hydrogen-bond donors (Lipinski definition) is 1. The van der Waals surface area contributed by atoms with E-state index in [-0.39, 0.29) is 5.91 Å². The predicted octanol–water partition coefficient (Wildman–Crippen LogP) is 3.48. The minimum atomic E-state index is 0.117. The fraction of sp³-hybridized carbons (Fsp3) is 0.533. The summed E-state index contributed by atoms with van der Waals surface area (Å²) in [4.78, 5) is 15.4. The van der Waals surface area contributed by atoms with E-state index < -0.39 is 0 Å². The van der Waals surface area contributed by atoms with Gasteiger partial charge in [-0.1, -0.05) is 26.0 Å². The van der Waals surface area contributed by atoms with Gasteiger partial charge in [-0.25, -0.2) is 0 Å². The maximum atomic E-state index is 12.6. The van der Waals surface area contributed by atoms with E-state index in [9.17, 15) is 4.79 Å². The maximum Gasteiger partial charge on any atom is 0.255 e. The summed E-state index contributed by atoms with van der Waals surface area (Å²) < 4.78 is 0. The van der Waals surface area contributed by atoms with Gasteiger partial charge in [0, 0.05) is 17.5 Å². The van der Waals surface area contributed by atoms with Gasteiger partial charge in [0.2, 0.25) is 0 Å². The molecule has 0 aromatic heterocycles. The van der Waals surface area contributed by atoms with Crippen LogP contribution in [0.4, 0.5) is 0 Å². The highest BCUT2D eigenvalue weighted by atomic mass is 32.1. The van der Waals surface area contributed by atoms with Gasteiger partial charge in [0.25, 0.3) is 5.91 Å². The summed E-state index contributed by atoms with van der Waals surface area (Å²) in [5, 5.41) is 0. The average molecular weight is 263 g/mol. The number of carbonyl (C=O) groups excluding carboxylic acids is 1. The molecule has 3 atom stereocenters. The summed E-state index contributed by atoms with van der Waals surface area (Å²) in [6.07, 6.45) is 1.20. The molecule has 2 nitrogen and oxygen atoms in total. The van der Waals surface area contributed by atoms with Gasteiger partial charge in [0.1, 0.15) is 0 Å². The topological polar surface area (TPSA) is 20.3 Å². The smallest absolute Gasteiger partial charge is 0.255 e. The Morgan fingerprint density at radius 2 is 1.94 bits per heavy atom. The van der Waals surface area contributed by atoms with Crippen molar-refractivity contribution >= 4 is 18.5 Å². The van der Waals surface area contributed by atoms with Crippen molar-refractivity contribution in [2.75, 3.05) is 6.54 Å². The molecule has 1 aromatic rings. The second-order valence-corrected chi connectivity index (χ2v) is 6.02. The summed E-state index contributed by atoms with van der Waals surface area (Å²) in [6.45, 7) is 7.45. The summed E-state index contributed by atoms with van der Waals surface area (Å²) in [5.41, 5.74) is 0.717. The molecule has 2 rings (SSSR count). The van der Waals surface area contributed by atoms with Crippen LogP contribution in [0.1, 0.15) is 37.6 Å². The molecule has 1 aliphatic rings. The largest absolute Gasteiger partial charge is 0.335 e. The lowest BCUT2D eigenvalue weighted by molar-refractivity contribution is 0.0452. The third-order valence-corrected chi connectivity index (χ3v) is 4.38. The SMILES string of the molecule is CC1CC(C)C(C)N(C(=O)c2ccccc2S)C1. The normalized spacial score (nSPS) is 28.2.